The number of benzene rings is 1. The maximum Gasteiger partial charge on any atom is 0.416 e. The summed E-state index contributed by atoms with van der Waals surface area (Å²) in [4.78, 5) is 15.9. The van der Waals surface area contributed by atoms with E-state index in [1.807, 2.05) is 0 Å². The summed E-state index contributed by atoms with van der Waals surface area (Å²) in [6, 6.07) is 4.60. The fourth-order valence-corrected chi connectivity index (χ4v) is 2.21. The molecule has 1 N–H and O–H groups in total. The first-order valence-electron chi connectivity index (χ1n) is 7.41. The summed E-state index contributed by atoms with van der Waals surface area (Å²) >= 11 is 0. The van der Waals surface area contributed by atoms with Crippen LogP contribution in [0.25, 0.3) is 0 Å². The topological polar surface area (TPSA) is 59.8 Å². The zero-order valence-electron chi connectivity index (χ0n) is 13.6. The van der Waals surface area contributed by atoms with Crippen molar-refractivity contribution in [2.75, 3.05) is 6.54 Å². The van der Waals surface area contributed by atoms with E-state index < -0.39 is 23.2 Å². The van der Waals surface area contributed by atoms with Crippen LogP contribution in [0.5, 0.6) is 0 Å². The van der Waals surface area contributed by atoms with Gasteiger partial charge in [-0.25, -0.2) is 9.67 Å². The molecule has 1 amide bonds. The molecule has 1 atom stereocenters. The number of carbonyl (C=O) groups excluding carboxylic acids is 1. The van der Waals surface area contributed by atoms with Crippen molar-refractivity contribution >= 4 is 5.91 Å². The predicted octanol–water partition coefficient (Wildman–Crippen LogP) is 2.95. The van der Waals surface area contributed by atoms with Crippen LogP contribution in [0.4, 0.5) is 13.2 Å². The Morgan fingerprint density at radius 2 is 1.96 bits per heavy atom. The van der Waals surface area contributed by atoms with Gasteiger partial charge in [-0.1, -0.05) is 32.0 Å². The van der Waals surface area contributed by atoms with Gasteiger partial charge in [-0.15, -0.1) is 0 Å². The number of aromatic nitrogens is 3. The van der Waals surface area contributed by atoms with Gasteiger partial charge in [0.15, 0.2) is 0 Å². The molecule has 0 bridgehead atoms. The molecule has 2 aromatic rings. The fourth-order valence-electron chi connectivity index (χ4n) is 2.21. The second-order valence-corrected chi connectivity index (χ2v) is 6.23. The molecular formula is C16H19F3N4O. The number of rotatable bonds is 5. The third kappa shape index (κ3) is 4.12. The third-order valence-electron chi connectivity index (χ3n) is 3.89. The SMILES string of the molecule is C[C@@H](C(=O)NCC(C)(C)c1cccc(C(F)(F)F)c1)n1cncn1. The smallest absolute Gasteiger partial charge is 0.353 e. The highest BCUT2D eigenvalue weighted by Crippen LogP contribution is 2.32. The Kier molecular flexibility index (Phi) is 4.96. The van der Waals surface area contributed by atoms with Crippen molar-refractivity contribution in [3.8, 4) is 0 Å². The van der Waals surface area contributed by atoms with E-state index in [-0.39, 0.29) is 12.5 Å². The van der Waals surface area contributed by atoms with Crippen LogP contribution >= 0.6 is 0 Å². The normalized spacial score (nSPS) is 13.6. The molecule has 5 nitrogen and oxygen atoms in total. The molecule has 0 aliphatic rings. The number of nitrogens with one attached hydrogen (secondary N) is 1. The average molecular weight is 340 g/mol. The Hall–Kier alpha value is -2.38. The van der Waals surface area contributed by atoms with Crippen LogP contribution in [0.3, 0.4) is 0 Å². The first-order chi connectivity index (χ1) is 11.1. The molecular weight excluding hydrogens is 321 g/mol. The van der Waals surface area contributed by atoms with Gasteiger partial charge in [0.25, 0.3) is 0 Å². The molecule has 0 aliphatic carbocycles. The van der Waals surface area contributed by atoms with Crippen molar-refractivity contribution < 1.29 is 18.0 Å². The zero-order chi connectivity index (χ0) is 18.0. The number of amides is 1. The van der Waals surface area contributed by atoms with E-state index in [4.69, 9.17) is 0 Å². The van der Waals surface area contributed by atoms with Gasteiger partial charge in [0.1, 0.15) is 18.7 Å². The minimum atomic E-state index is -4.39. The third-order valence-corrected chi connectivity index (χ3v) is 3.89. The van der Waals surface area contributed by atoms with Crippen molar-refractivity contribution in [1.82, 2.24) is 20.1 Å². The van der Waals surface area contributed by atoms with Crippen LogP contribution in [-0.2, 0) is 16.4 Å². The summed E-state index contributed by atoms with van der Waals surface area (Å²) in [6.45, 7) is 5.43. The molecule has 130 valence electrons. The molecule has 0 spiro atoms. The molecule has 0 saturated carbocycles. The Morgan fingerprint density at radius 3 is 2.54 bits per heavy atom. The first-order valence-corrected chi connectivity index (χ1v) is 7.41. The minimum absolute atomic E-state index is 0.201. The molecule has 24 heavy (non-hydrogen) atoms. The number of alkyl halides is 3. The average Bonchev–Trinajstić information content (AvgIpc) is 3.05. The molecule has 2 rings (SSSR count). The number of halogens is 3. The number of hydrogen-bond acceptors (Lipinski definition) is 3. The lowest BCUT2D eigenvalue weighted by Crippen LogP contribution is -2.40. The molecule has 0 fully saturated rings. The van der Waals surface area contributed by atoms with E-state index in [0.29, 0.717) is 5.56 Å². The number of hydrogen-bond donors (Lipinski definition) is 1. The molecule has 1 heterocycles. The molecule has 1 aromatic carbocycles. The van der Waals surface area contributed by atoms with Crippen LogP contribution < -0.4 is 5.32 Å². The Morgan fingerprint density at radius 1 is 1.29 bits per heavy atom. The highest BCUT2D eigenvalue weighted by atomic mass is 19.4. The standard InChI is InChI=1S/C16H19F3N4O/c1-11(23-10-20-9-22-23)14(24)21-8-15(2,3)12-5-4-6-13(7-12)16(17,18)19/h4-7,9-11H,8H2,1-3H3,(H,21,24)/t11-/m0/s1. The molecule has 1 aromatic heterocycles. The summed E-state index contributed by atoms with van der Waals surface area (Å²) in [5, 5.41) is 6.66. The van der Waals surface area contributed by atoms with Gasteiger partial charge in [-0.3, -0.25) is 4.79 Å². The molecule has 0 unspecified atom stereocenters. The molecule has 0 radical (unpaired) electrons. The van der Waals surface area contributed by atoms with Crippen LogP contribution in [-0.4, -0.2) is 27.2 Å². The lowest BCUT2D eigenvalue weighted by atomic mass is 9.83. The second kappa shape index (κ2) is 6.62. The monoisotopic (exact) mass is 340 g/mol. The van der Waals surface area contributed by atoms with Gasteiger partial charge in [-0.05, 0) is 18.6 Å². The van der Waals surface area contributed by atoms with E-state index in [1.54, 1.807) is 26.8 Å². The fraction of sp³-hybridized carbons (Fsp3) is 0.438. The summed E-state index contributed by atoms with van der Waals surface area (Å²) < 4.78 is 40.0. The van der Waals surface area contributed by atoms with Gasteiger partial charge >= 0.3 is 6.18 Å². The highest BCUT2D eigenvalue weighted by molar-refractivity contribution is 5.79. The lowest BCUT2D eigenvalue weighted by molar-refractivity contribution is -0.137. The Bertz CT molecular complexity index is 696. The van der Waals surface area contributed by atoms with Crippen molar-refractivity contribution in [2.45, 2.75) is 38.4 Å². The van der Waals surface area contributed by atoms with Gasteiger partial charge in [0, 0.05) is 12.0 Å². The summed E-state index contributed by atoms with van der Waals surface area (Å²) in [5.74, 6) is -0.277. The van der Waals surface area contributed by atoms with Crippen molar-refractivity contribution in [3.63, 3.8) is 0 Å². The number of nitrogens with zero attached hydrogens (tertiary/aromatic N) is 3. The molecule has 0 saturated heterocycles. The van der Waals surface area contributed by atoms with E-state index >= 15 is 0 Å². The van der Waals surface area contributed by atoms with Gasteiger partial charge < -0.3 is 5.32 Å². The van der Waals surface area contributed by atoms with Crippen molar-refractivity contribution in [3.05, 3.63) is 48.0 Å². The van der Waals surface area contributed by atoms with Gasteiger partial charge in [0.2, 0.25) is 5.91 Å². The Balaban J connectivity index is 2.07. The highest BCUT2D eigenvalue weighted by Gasteiger charge is 2.32. The first kappa shape index (κ1) is 18.0. The maximum atomic E-state index is 12.8. The van der Waals surface area contributed by atoms with E-state index in [0.717, 1.165) is 12.1 Å². The van der Waals surface area contributed by atoms with Crippen LogP contribution in [0.2, 0.25) is 0 Å². The summed E-state index contributed by atoms with van der Waals surface area (Å²) in [5.41, 5.74) is -0.847. The van der Waals surface area contributed by atoms with Crippen LogP contribution in [0.1, 0.15) is 37.9 Å². The van der Waals surface area contributed by atoms with E-state index in [2.05, 4.69) is 15.4 Å². The lowest BCUT2D eigenvalue weighted by Gasteiger charge is -2.27. The molecule has 8 heteroatoms. The second-order valence-electron chi connectivity index (χ2n) is 6.23. The quantitative estimate of drug-likeness (QED) is 0.910. The zero-order valence-corrected chi connectivity index (χ0v) is 13.6. The van der Waals surface area contributed by atoms with Crippen LogP contribution in [0, 0.1) is 0 Å². The van der Waals surface area contributed by atoms with E-state index in [9.17, 15) is 18.0 Å². The Labute approximate surface area is 137 Å². The van der Waals surface area contributed by atoms with Gasteiger partial charge in [-0.2, -0.15) is 18.3 Å². The number of carbonyl (C=O) groups is 1. The van der Waals surface area contributed by atoms with Crippen molar-refractivity contribution in [2.24, 2.45) is 0 Å². The summed E-state index contributed by atoms with van der Waals surface area (Å²) in [6.07, 6.45) is -1.63. The predicted molar refractivity (Wildman–Crippen MR) is 82.2 cm³/mol. The minimum Gasteiger partial charge on any atom is -0.353 e. The largest absolute Gasteiger partial charge is 0.416 e. The summed E-state index contributed by atoms with van der Waals surface area (Å²) in [7, 11) is 0. The maximum absolute atomic E-state index is 12.8. The van der Waals surface area contributed by atoms with E-state index in [1.165, 1.54) is 23.4 Å². The van der Waals surface area contributed by atoms with Crippen molar-refractivity contribution in [1.29, 1.82) is 0 Å². The molecule has 0 aliphatic heterocycles. The van der Waals surface area contributed by atoms with Crippen LogP contribution in [0.15, 0.2) is 36.9 Å². The van der Waals surface area contributed by atoms with Gasteiger partial charge in [0.05, 0.1) is 5.56 Å².